The number of hydrogen-bond acceptors (Lipinski definition) is 5. The lowest BCUT2D eigenvalue weighted by molar-refractivity contribution is -0.113. The van der Waals surface area contributed by atoms with Gasteiger partial charge in [-0.15, -0.1) is 0 Å². The lowest BCUT2D eigenvalue weighted by Crippen LogP contribution is -2.27. The van der Waals surface area contributed by atoms with Crippen LogP contribution in [0.25, 0.3) is 0 Å². The van der Waals surface area contributed by atoms with Crippen molar-refractivity contribution in [3.05, 3.63) is 92.1 Å². The van der Waals surface area contributed by atoms with Crippen molar-refractivity contribution in [1.29, 1.82) is 5.26 Å². The van der Waals surface area contributed by atoms with E-state index >= 15 is 0 Å². The molecular formula is C24H21ClN2O2S. The van der Waals surface area contributed by atoms with Crippen LogP contribution in [0.4, 0.5) is 0 Å². The van der Waals surface area contributed by atoms with Crippen LogP contribution >= 0.6 is 23.4 Å². The fourth-order valence-corrected chi connectivity index (χ4v) is 4.71. The van der Waals surface area contributed by atoms with E-state index in [-0.39, 0.29) is 17.3 Å². The molecule has 4 nitrogen and oxygen atoms in total. The summed E-state index contributed by atoms with van der Waals surface area (Å²) in [6.45, 7) is 5.25. The summed E-state index contributed by atoms with van der Waals surface area (Å²) in [4.78, 5) is 25.0. The number of thioether (sulfide) groups is 1. The fraction of sp³-hybridized carbons (Fsp3) is 0.208. The van der Waals surface area contributed by atoms with E-state index in [1.165, 1.54) is 18.7 Å². The Bertz CT molecular complexity index is 1110. The van der Waals surface area contributed by atoms with Gasteiger partial charge < -0.3 is 5.32 Å². The average Bonchev–Trinajstić information content (AvgIpc) is 2.72. The number of hydrogen-bond donors (Lipinski definition) is 1. The van der Waals surface area contributed by atoms with Crippen LogP contribution in [0.15, 0.2) is 70.4 Å². The van der Waals surface area contributed by atoms with Crippen LogP contribution in [0, 0.1) is 18.3 Å². The van der Waals surface area contributed by atoms with Crippen molar-refractivity contribution in [3.8, 4) is 6.07 Å². The van der Waals surface area contributed by atoms with Gasteiger partial charge >= 0.3 is 0 Å². The molecule has 0 aromatic heterocycles. The number of rotatable bonds is 6. The summed E-state index contributed by atoms with van der Waals surface area (Å²) in [6.07, 6.45) is 0. The van der Waals surface area contributed by atoms with Gasteiger partial charge in [-0.1, -0.05) is 71.4 Å². The predicted octanol–water partition coefficient (Wildman–Crippen LogP) is 5.55. The first-order valence-electron chi connectivity index (χ1n) is 9.43. The molecule has 0 spiro atoms. The summed E-state index contributed by atoms with van der Waals surface area (Å²) in [7, 11) is 0. The molecular weight excluding hydrogens is 416 g/mol. The fourth-order valence-electron chi connectivity index (χ4n) is 3.47. The molecule has 2 aromatic rings. The SMILES string of the molecule is CC(=O)C1=C(C)NC(SCC(=O)c2ccc(C)cc2)=C(C#N)[C@H]1c1ccccc1Cl. The molecule has 0 amide bonds. The minimum Gasteiger partial charge on any atom is -0.353 e. The van der Waals surface area contributed by atoms with Crippen molar-refractivity contribution in [2.75, 3.05) is 5.75 Å². The molecule has 152 valence electrons. The number of allylic oxidation sites excluding steroid dienone is 3. The van der Waals surface area contributed by atoms with Crippen LogP contribution < -0.4 is 5.32 Å². The molecule has 3 rings (SSSR count). The van der Waals surface area contributed by atoms with Crippen molar-refractivity contribution in [1.82, 2.24) is 5.32 Å². The third-order valence-corrected chi connectivity index (χ3v) is 6.33. The first kappa shape index (κ1) is 21.9. The van der Waals surface area contributed by atoms with Crippen molar-refractivity contribution >= 4 is 34.9 Å². The number of dihydropyridines is 1. The van der Waals surface area contributed by atoms with Crippen molar-refractivity contribution in [3.63, 3.8) is 0 Å². The Morgan fingerprint density at radius 3 is 2.40 bits per heavy atom. The molecule has 0 bridgehead atoms. The highest BCUT2D eigenvalue weighted by Gasteiger charge is 2.34. The third-order valence-electron chi connectivity index (χ3n) is 4.96. The minimum atomic E-state index is -0.570. The summed E-state index contributed by atoms with van der Waals surface area (Å²) < 4.78 is 0. The second-order valence-electron chi connectivity index (χ2n) is 7.11. The lowest BCUT2D eigenvalue weighted by atomic mass is 9.81. The molecule has 0 unspecified atom stereocenters. The second-order valence-corrected chi connectivity index (χ2v) is 8.50. The number of nitriles is 1. The van der Waals surface area contributed by atoms with Gasteiger partial charge in [0.2, 0.25) is 0 Å². The minimum absolute atomic E-state index is 0.0279. The third kappa shape index (κ3) is 4.51. The molecule has 0 fully saturated rings. The monoisotopic (exact) mass is 436 g/mol. The van der Waals surface area contributed by atoms with Crippen LogP contribution in [0.5, 0.6) is 0 Å². The molecule has 6 heteroatoms. The summed E-state index contributed by atoms with van der Waals surface area (Å²) in [5.74, 6) is -0.550. The summed E-state index contributed by atoms with van der Waals surface area (Å²) >= 11 is 7.69. The highest BCUT2D eigenvalue weighted by molar-refractivity contribution is 8.03. The Morgan fingerprint density at radius 2 is 1.80 bits per heavy atom. The van der Waals surface area contributed by atoms with E-state index in [4.69, 9.17) is 11.6 Å². The van der Waals surface area contributed by atoms with Gasteiger partial charge in [-0.25, -0.2) is 0 Å². The molecule has 2 aromatic carbocycles. The first-order chi connectivity index (χ1) is 14.3. The van der Waals surface area contributed by atoms with Gasteiger partial charge in [0.1, 0.15) is 0 Å². The molecule has 1 atom stereocenters. The molecule has 1 aliphatic heterocycles. The van der Waals surface area contributed by atoms with E-state index in [0.29, 0.717) is 38.0 Å². The Labute approximate surface area is 185 Å². The van der Waals surface area contributed by atoms with Crippen molar-refractivity contribution in [2.24, 2.45) is 0 Å². The summed E-state index contributed by atoms with van der Waals surface area (Å²) in [6, 6.07) is 16.9. The normalized spacial score (nSPS) is 16.2. The van der Waals surface area contributed by atoms with E-state index in [0.717, 1.165) is 5.56 Å². The Morgan fingerprint density at radius 1 is 1.13 bits per heavy atom. The molecule has 0 saturated carbocycles. The highest BCUT2D eigenvalue weighted by Crippen LogP contribution is 2.43. The zero-order valence-corrected chi connectivity index (χ0v) is 18.5. The number of ketones is 2. The van der Waals surface area contributed by atoms with E-state index in [1.54, 1.807) is 25.1 Å². The molecule has 1 heterocycles. The molecule has 1 aliphatic rings. The van der Waals surface area contributed by atoms with Crippen LogP contribution in [0.1, 0.15) is 41.3 Å². The number of benzene rings is 2. The number of aryl methyl sites for hydroxylation is 1. The highest BCUT2D eigenvalue weighted by atomic mass is 35.5. The zero-order chi connectivity index (χ0) is 21.8. The number of halogens is 1. The maximum atomic E-state index is 12.6. The molecule has 0 saturated heterocycles. The largest absolute Gasteiger partial charge is 0.353 e. The quantitative estimate of drug-likeness (QED) is 0.601. The number of nitrogens with zero attached hydrogens (tertiary/aromatic N) is 1. The van der Waals surface area contributed by atoms with Gasteiger partial charge in [0.15, 0.2) is 11.6 Å². The van der Waals surface area contributed by atoms with Crippen LogP contribution in [0.3, 0.4) is 0 Å². The van der Waals surface area contributed by atoms with Gasteiger partial charge in [-0.3, -0.25) is 9.59 Å². The molecule has 30 heavy (non-hydrogen) atoms. The van der Waals surface area contributed by atoms with Crippen LogP contribution in [-0.2, 0) is 4.79 Å². The van der Waals surface area contributed by atoms with Gasteiger partial charge in [0.05, 0.1) is 28.3 Å². The van der Waals surface area contributed by atoms with E-state index < -0.39 is 5.92 Å². The van der Waals surface area contributed by atoms with Crippen LogP contribution in [0.2, 0.25) is 5.02 Å². The van der Waals surface area contributed by atoms with Gasteiger partial charge in [0, 0.05) is 21.9 Å². The Balaban J connectivity index is 1.97. The summed E-state index contributed by atoms with van der Waals surface area (Å²) in [5.41, 5.74) is 3.97. The van der Waals surface area contributed by atoms with E-state index in [2.05, 4.69) is 11.4 Å². The zero-order valence-electron chi connectivity index (χ0n) is 17.0. The van der Waals surface area contributed by atoms with Gasteiger partial charge in [-0.2, -0.15) is 5.26 Å². The summed E-state index contributed by atoms with van der Waals surface area (Å²) in [5, 5.41) is 14.2. The van der Waals surface area contributed by atoms with Crippen molar-refractivity contribution < 1.29 is 9.59 Å². The number of Topliss-reactive ketones (excluding diaryl/α,β-unsaturated/α-hetero) is 2. The Kier molecular flexibility index (Phi) is 6.81. The number of carbonyl (C=O) groups is 2. The smallest absolute Gasteiger partial charge is 0.173 e. The Hall–Kier alpha value is -2.81. The maximum Gasteiger partial charge on any atom is 0.173 e. The van der Waals surface area contributed by atoms with E-state index in [9.17, 15) is 14.9 Å². The van der Waals surface area contributed by atoms with Crippen molar-refractivity contribution in [2.45, 2.75) is 26.7 Å². The average molecular weight is 437 g/mol. The molecule has 0 radical (unpaired) electrons. The van der Waals surface area contributed by atoms with Crippen LogP contribution in [-0.4, -0.2) is 17.3 Å². The van der Waals surface area contributed by atoms with Gasteiger partial charge in [-0.05, 0) is 32.4 Å². The second kappa shape index (κ2) is 9.34. The lowest BCUT2D eigenvalue weighted by Gasteiger charge is -2.29. The first-order valence-corrected chi connectivity index (χ1v) is 10.8. The standard InChI is InChI=1S/C24H21ClN2O2S/c1-14-8-10-17(11-9-14)21(29)13-30-24-19(12-26)23(18-6-4-5-7-20(18)25)22(16(3)28)15(2)27-24/h4-11,23,27H,13H2,1-3H3/t23-/m1/s1. The van der Waals surface area contributed by atoms with E-state index in [1.807, 2.05) is 37.3 Å². The topological polar surface area (TPSA) is 70.0 Å². The predicted molar refractivity (Wildman–Crippen MR) is 121 cm³/mol. The maximum absolute atomic E-state index is 12.6. The number of carbonyl (C=O) groups excluding carboxylic acids is 2. The molecule has 0 aliphatic carbocycles. The van der Waals surface area contributed by atoms with Gasteiger partial charge in [0.25, 0.3) is 0 Å². The number of nitrogens with one attached hydrogen (secondary N) is 1. The molecule has 1 N–H and O–H groups in total.